The van der Waals surface area contributed by atoms with E-state index in [-0.39, 0.29) is 11.3 Å². The Bertz CT molecular complexity index is 553. The number of carbonyl (C=O) groups is 2. The van der Waals surface area contributed by atoms with E-state index in [1.165, 1.54) is 19.2 Å². The standard InChI is InChI=1S/C15H20FNO5/c1-15(2,3)22-14(20)17-11(8-13(18)19)9-5-6-12(21-4)10(16)7-9/h5-7,11H,8H2,1-4H3,(H,17,20)(H,18,19)/p-1/t11-/m0/s1. The number of carbonyl (C=O) groups excluding carboxylic acids is 2. The number of nitrogens with one attached hydrogen (secondary N) is 1. The van der Waals surface area contributed by atoms with Crippen LogP contribution in [0.4, 0.5) is 9.18 Å². The molecule has 122 valence electrons. The van der Waals surface area contributed by atoms with Crippen LogP contribution in [0.5, 0.6) is 5.75 Å². The Balaban J connectivity index is 2.95. The summed E-state index contributed by atoms with van der Waals surface area (Å²) < 4.78 is 23.6. The van der Waals surface area contributed by atoms with Crippen LogP contribution in [-0.4, -0.2) is 24.8 Å². The van der Waals surface area contributed by atoms with Crippen LogP contribution in [0.3, 0.4) is 0 Å². The van der Waals surface area contributed by atoms with Gasteiger partial charge < -0.3 is 24.7 Å². The zero-order valence-corrected chi connectivity index (χ0v) is 12.9. The van der Waals surface area contributed by atoms with Crippen molar-refractivity contribution < 1.29 is 28.6 Å². The van der Waals surface area contributed by atoms with Crippen molar-refractivity contribution >= 4 is 12.1 Å². The quantitative estimate of drug-likeness (QED) is 0.891. The van der Waals surface area contributed by atoms with Crippen LogP contribution in [0.25, 0.3) is 0 Å². The highest BCUT2D eigenvalue weighted by molar-refractivity contribution is 5.71. The number of carboxylic acid groups (broad SMARTS) is 1. The number of aliphatic carboxylic acids is 1. The first kappa shape index (κ1) is 17.7. The number of alkyl carbamates (subject to hydrolysis) is 1. The van der Waals surface area contributed by atoms with Gasteiger partial charge in [-0.25, -0.2) is 9.18 Å². The van der Waals surface area contributed by atoms with Crippen molar-refractivity contribution in [3.8, 4) is 5.75 Å². The zero-order valence-electron chi connectivity index (χ0n) is 12.9. The minimum Gasteiger partial charge on any atom is -0.550 e. The number of rotatable bonds is 5. The number of benzene rings is 1. The van der Waals surface area contributed by atoms with E-state index in [2.05, 4.69) is 5.32 Å². The molecule has 0 fully saturated rings. The van der Waals surface area contributed by atoms with E-state index in [9.17, 15) is 19.1 Å². The van der Waals surface area contributed by atoms with Gasteiger partial charge in [0, 0.05) is 12.4 Å². The summed E-state index contributed by atoms with van der Waals surface area (Å²) in [6, 6.07) is 2.95. The first-order valence-corrected chi connectivity index (χ1v) is 6.65. The fourth-order valence-corrected chi connectivity index (χ4v) is 1.77. The molecule has 0 unspecified atom stereocenters. The van der Waals surface area contributed by atoms with E-state index < -0.39 is 35.9 Å². The summed E-state index contributed by atoms with van der Waals surface area (Å²) >= 11 is 0. The number of hydrogen-bond acceptors (Lipinski definition) is 5. The average Bonchev–Trinajstić information content (AvgIpc) is 2.35. The molecule has 1 amide bonds. The number of amides is 1. The van der Waals surface area contributed by atoms with Gasteiger partial charge in [-0.15, -0.1) is 0 Å². The Labute approximate surface area is 128 Å². The Kier molecular flexibility index (Phi) is 5.73. The fourth-order valence-electron chi connectivity index (χ4n) is 1.77. The van der Waals surface area contributed by atoms with E-state index >= 15 is 0 Å². The molecular formula is C15H19FNO5-. The molecular weight excluding hydrogens is 293 g/mol. The predicted octanol–water partition coefficient (Wildman–Crippen LogP) is 1.54. The summed E-state index contributed by atoms with van der Waals surface area (Å²) in [6.07, 6.45) is -1.31. The molecule has 0 aliphatic carbocycles. The van der Waals surface area contributed by atoms with Crippen LogP contribution in [0.2, 0.25) is 0 Å². The number of hydrogen-bond donors (Lipinski definition) is 1. The summed E-state index contributed by atoms with van der Waals surface area (Å²) in [5, 5.41) is 13.2. The second-order valence-corrected chi connectivity index (χ2v) is 5.67. The summed E-state index contributed by atoms with van der Waals surface area (Å²) in [5.41, 5.74) is -0.463. The maximum atomic E-state index is 13.7. The third-order valence-electron chi connectivity index (χ3n) is 2.64. The lowest BCUT2D eigenvalue weighted by Crippen LogP contribution is -2.37. The van der Waals surface area contributed by atoms with Crippen LogP contribution in [-0.2, 0) is 9.53 Å². The highest BCUT2D eigenvalue weighted by Crippen LogP contribution is 2.24. The summed E-state index contributed by atoms with van der Waals surface area (Å²) in [5.74, 6) is -2.01. The van der Waals surface area contributed by atoms with Crippen LogP contribution in [0.15, 0.2) is 18.2 Å². The Morgan fingerprint density at radius 1 is 1.36 bits per heavy atom. The molecule has 1 rings (SSSR count). The first-order valence-electron chi connectivity index (χ1n) is 6.65. The molecule has 0 saturated heterocycles. The third kappa shape index (κ3) is 5.59. The van der Waals surface area contributed by atoms with Crippen LogP contribution >= 0.6 is 0 Å². The maximum absolute atomic E-state index is 13.7. The monoisotopic (exact) mass is 312 g/mol. The zero-order chi connectivity index (χ0) is 16.9. The molecule has 6 nitrogen and oxygen atoms in total. The maximum Gasteiger partial charge on any atom is 0.408 e. The summed E-state index contributed by atoms with van der Waals surface area (Å²) in [7, 11) is 1.32. The number of methoxy groups -OCH3 is 1. The molecule has 1 atom stereocenters. The molecule has 0 saturated carbocycles. The number of ether oxygens (including phenoxy) is 2. The van der Waals surface area contributed by atoms with Crippen LogP contribution in [0, 0.1) is 5.82 Å². The Morgan fingerprint density at radius 2 is 2.00 bits per heavy atom. The highest BCUT2D eigenvalue weighted by atomic mass is 19.1. The molecule has 0 radical (unpaired) electrons. The van der Waals surface area contributed by atoms with E-state index in [4.69, 9.17) is 9.47 Å². The minimum atomic E-state index is -1.38. The van der Waals surface area contributed by atoms with E-state index in [0.717, 1.165) is 6.07 Å². The molecule has 0 aliphatic rings. The van der Waals surface area contributed by atoms with Gasteiger partial charge in [0.2, 0.25) is 0 Å². The molecule has 1 N–H and O–H groups in total. The van der Waals surface area contributed by atoms with Gasteiger partial charge in [-0.2, -0.15) is 0 Å². The molecule has 0 bridgehead atoms. The lowest BCUT2D eigenvalue weighted by molar-refractivity contribution is -0.306. The average molecular weight is 312 g/mol. The van der Waals surface area contributed by atoms with Crippen molar-refractivity contribution in [1.82, 2.24) is 5.32 Å². The van der Waals surface area contributed by atoms with Crippen molar-refractivity contribution in [2.45, 2.75) is 38.8 Å². The van der Waals surface area contributed by atoms with Gasteiger partial charge in [0.05, 0.1) is 13.2 Å². The highest BCUT2D eigenvalue weighted by Gasteiger charge is 2.21. The smallest absolute Gasteiger partial charge is 0.408 e. The lowest BCUT2D eigenvalue weighted by atomic mass is 10.0. The van der Waals surface area contributed by atoms with E-state index in [1.54, 1.807) is 20.8 Å². The molecule has 0 aromatic heterocycles. The third-order valence-corrected chi connectivity index (χ3v) is 2.64. The van der Waals surface area contributed by atoms with Crippen molar-refractivity contribution in [2.24, 2.45) is 0 Å². The Morgan fingerprint density at radius 3 is 2.45 bits per heavy atom. The van der Waals surface area contributed by atoms with Crippen molar-refractivity contribution in [3.63, 3.8) is 0 Å². The van der Waals surface area contributed by atoms with Gasteiger partial charge in [0.25, 0.3) is 0 Å². The second kappa shape index (κ2) is 7.11. The van der Waals surface area contributed by atoms with Gasteiger partial charge in [0.1, 0.15) is 5.60 Å². The van der Waals surface area contributed by atoms with Crippen LogP contribution < -0.4 is 15.2 Å². The lowest BCUT2D eigenvalue weighted by Gasteiger charge is -2.24. The normalized spacial score (nSPS) is 12.4. The Hall–Kier alpha value is -2.31. The first-order chi connectivity index (χ1) is 10.1. The van der Waals surface area contributed by atoms with Gasteiger partial charge in [-0.3, -0.25) is 0 Å². The van der Waals surface area contributed by atoms with E-state index in [0.29, 0.717) is 0 Å². The van der Waals surface area contributed by atoms with Gasteiger partial charge >= 0.3 is 6.09 Å². The number of carboxylic acids is 1. The molecule has 7 heteroatoms. The van der Waals surface area contributed by atoms with Gasteiger partial charge in [0.15, 0.2) is 11.6 Å². The molecule has 22 heavy (non-hydrogen) atoms. The van der Waals surface area contributed by atoms with Crippen LogP contribution in [0.1, 0.15) is 38.8 Å². The predicted molar refractivity (Wildman–Crippen MR) is 74.7 cm³/mol. The minimum absolute atomic E-state index is 0.0215. The topological polar surface area (TPSA) is 87.7 Å². The second-order valence-electron chi connectivity index (χ2n) is 5.67. The molecule has 0 spiro atoms. The van der Waals surface area contributed by atoms with Crippen molar-refractivity contribution in [1.29, 1.82) is 0 Å². The summed E-state index contributed by atoms with van der Waals surface area (Å²) in [6.45, 7) is 5.02. The SMILES string of the molecule is COc1ccc([C@H](CC(=O)[O-])NC(=O)OC(C)(C)C)cc1F. The largest absolute Gasteiger partial charge is 0.550 e. The van der Waals surface area contributed by atoms with Crippen molar-refractivity contribution in [2.75, 3.05) is 7.11 Å². The fraction of sp³-hybridized carbons (Fsp3) is 0.467. The van der Waals surface area contributed by atoms with Gasteiger partial charge in [-0.1, -0.05) is 6.07 Å². The van der Waals surface area contributed by atoms with Gasteiger partial charge in [-0.05, 0) is 38.5 Å². The van der Waals surface area contributed by atoms with E-state index in [1.807, 2.05) is 0 Å². The van der Waals surface area contributed by atoms with Crippen molar-refractivity contribution in [3.05, 3.63) is 29.6 Å². The number of halogens is 1. The summed E-state index contributed by atoms with van der Waals surface area (Å²) in [4.78, 5) is 22.6. The molecule has 1 aromatic carbocycles. The molecule has 1 aromatic rings. The molecule has 0 heterocycles. The molecule has 0 aliphatic heterocycles.